The van der Waals surface area contributed by atoms with Gasteiger partial charge in [0.15, 0.2) is 0 Å². The van der Waals surface area contributed by atoms with Gasteiger partial charge in [-0.15, -0.1) is 11.3 Å². The third-order valence-electron chi connectivity index (χ3n) is 3.49. The lowest BCUT2D eigenvalue weighted by atomic mass is 10.2. The first-order chi connectivity index (χ1) is 9.20. The zero-order valence-corrected chi connectivity index (χ0v) is 12.2. The van der Waals surface area contributed by atoms with Gasteiger partial charge in [0.25, 0.3) is 0 Å². The fraction of sp³-hybridized carbons (Fsp3) is 0.643. The Bertz CT molecular complexity index is 386. The monoisotopic (exact) mass is 282 g/mol. The first kappa shape index (κ1) is 14.5. The van der Waals surface area contributed by atoms with E-state index in [0.717, 1.165) is 37.5 Å². The van der Waals surface area contributed by atoms with Crippen LogP contribution in [0.5, 0.6) is 0 Å². The van der Waals surface area contributed by atoms with Crippen LogP contribution in [0, 0.1) is 0 Å². The molecular formula is C14H22N2O2S. The van der Waals surface area contributed by atoms with Crippen LogP contribution in [0.1, 0.15) is 30.7 Å². The number of piperazine rings is 1. The van der Waals surface area contributed by atoms with Gasteiger partial charge in [0.1, 0.15) is 6.10 Å². The summed E-state index contributed by atoms with van der Waals surface area (Å²) in [5.74, 6) is 0.265. The van der Waals surface area contributed by atoms with Gasteiger partial charge in [0, 0.05) is 44.0 Å². The highest BCUT2D eigenvalue weighted by atomic mass is 32.1. The molecular weight excluding hydrogens is 260 g/mol. The van der Waals surface area contributed by atoms with E-state index in [1.807, 2.05) is 29.3 Å². The van der Waals surface area contributed by atoms with Crippen LogP contribution in [-0.2, 0) is 4.79 Å². The molecule has 2 rings (SSSR count). The number of aliphatic hydroxyl groups excluding tert-OH is 1. The van der Waals surface area contributed by atoms with Crippen molar-refractivity contribution in [1.29, 1.82) is 0 Å². The summed E-state index contributed by atoms with van der Waals surface area (Å²) in [6, 6.07) is 3.93. The van der Waals surface area contributed by atoms with E-state index in [1.165, 1.54) is 0 Å². The van der Waals surface area contributed by atoms with E-state index in [1.54, 1.807) is 11.3 Å². The lowest BCUT2D eigenvalue weighted by molar-refractivity contribution is -0.133. The molecule has 0 spiro atoms. The molecule has 0 saturated carbocycles. The maximum atomic E-state index is 11.8. The normalized spacial score (nSPS) is 18.5. The number of amides is 1. The van der Waals surface area contributed by atoms with Gasteiger partial charge in [-0.25, -0.2) is 0 Å². The summed E-state index contributed by atoms with van der Waals surface area (Å²) in [6.07, 6.45) is 1.16. The summed E-state index contributed by atoms with van der Waals surface area (Å²) in [6.45, 7) is 5.99. The highest BCUT2D eigenvalue weighted by Gasteiger charge is 2.22. The molecule has 1 aromatic rings. The van der Waals surface area contributed by atoms with E-state index >= 15 is 0 Å². The molecule has 1 aliphatic heterocycles. The number of aliphatic hydroxyl groups is 1. The third kappa shape index (κ3) is 4.03. The minimum absolute atomic E-state index is 0.265. The van der Waals surface area contributed by atoms with Crippen LogP contribution in [0.4, 0.5) is 0 Å². The number of thiophene rings is 1. The number of rotatable bonds is 5. The van der Waals surface area contributed by atoms with Crippen LogP contribution in [0.2, 0.25) is 0 Å². The Morgan fingerprint density at radius 1 is 1.42 bits per heavy atom. The number of nitrogens with zero attached hydrogens (tertiary/aromatic N) is 2. The van der Waals surface area contributed by atoms with E-state index in [2.05, 4.69) is 4.90 Å². The average Bonchev–Trinajstić information content (AvgIpc) is 2.94. The molecule has 1 amide bonds. The Morgan fingerprint density at radius 3 is 2.74 bits per heavy atom. The highest BCUT2D eigenvalue weighted by molar-refractivity contribution is 7.10. The van der Waals surface area contributed by atoms with E-state index < -0.39 is 6.10 Å². The Kier molecular flexibility index (Phi) is 5.36. The van der Waals surface area contributed by atoms with Gasteiger partial charge in [-0.3, -0.25) is 9.69 Å². The number of carbonyl (C=O) groups excluding carboxylic acids is 1. The molecule has 4 nitrogen and oxygen atoms in total. The fourth-order valence-electron chi connectivity index (χ4n) is 2.37. The molecule has 1 aromatic heterocycles. The lowest BCUT2D eigenvalue weighted by Gasteiger charge is -2.35. The molecule has 1 unspecified atom stereocenters. The van der Waals surface area contributed by atoms with Gasteiger partial charge in [-0.2, -0.15) is 0 Å². The molecule has 19 heavy (non-hydrogen) atoms. The smallest absolute Gasteiger partial charge is 0.222 e. The Morgan fingerprint density at radius 2 is 2.16 bits per heavy atom. The van der Waals surface area contributed by atoms with Gasteiger partial charge in [-0.1, -0.05) is 13.0 Å². The molecule has 5 heteroatoms. The Balaban J connectivity index is 1.76. The Labute approximate surface area is 118 Å². The van der Waals surface area contributed by atoms with Crippen molar-refractivity contribution in [2.75, 3.05) is 32.7 Å². The van der Waals surface area contributed by atoms with Gasteiger partial charge in [-0.05, 0) is 17.9 Å². The molecule has 1 N–H and O–H groups in total. The van der Waals surface area contributed by atoms with Gasteiger partial charge in [0.2, 0.25) is 5.91 Å². The summed E-state index contributed by atoms with van der Waals surface area (Å²) < 4.78 is 0. The van der Waals surface area contributed by atoms with E-state index in [4.69, 9.17) is 0 Å². The maximum absolute atomic E-state index is 11.8. The van der Waals surface area contributed by atoms with E-state index in [9.17, 15) is 9.90 Å². The number of β-amino-alcohol motifs (C(OH)–C–C–N with tert-alkyl or cyclic N) is 1. The second-order valence-electron chi connectivity index (χ2n) is 4.96. The van der Waals surface area contributed by atoms with Crippen LogP contribution in [0.3, 0.4) is 0 Å². The van der Waals surface area contributed by atoms with Crippen molar-refractivity contribution in [3.05, 3.63) is 22.4 Å². The predicted octanol–water partition coefficient (Wildman–Crippen LogP) is 1.73. The molecule has 1 fully saturated rings. The summed E-state index contributed by atoms with van der Waals surface area (Å²) in [5.41, 5.74) is 0. The molecule has 0 bridgehead atoms. The van der Waals surface area contributed by atoms with Crippen molar-refractivity contribution in [2.45, 2.75) is 25.9 Å². The molecule has 1 atom stereocenters. The fourth-order valence-corrected chi connectivity index (χ4v) is 3.07. The number of carbonyl (C=O) groups is 1. The molecule has 1 saturated heterocycles. The molecule has 1 aliphatic rings. The van der Waals surface area contributed by atoms with Crippen LogP contribution < -0.4 is 0 Å². The minimum Gasteiger partial charge on any atom is -0.386 e. The van der Waals surface area contributed by atoms with E-state index in [0.29, 0.717) is 13.0 Å². The third-order valence-corrected chi connectivity index (χ3v) is 4.47. The van der Waals surface area contributed by atoms with Crippen molar-refractivity contribution < 1.29 is 9.90 Å². The quantitative estimate of drug-likeness (QED) is 0.894. The zero-order valence-electron chi connectivity index (χ0n) is 11.4. The summed E-state index contributed by atoms with van der Waals surface area (Å²) >= 11 is 1.59. The zero-order chi connectivity index (χ0) is 13.7. The lowest BCUT2D eigenvalue weighted by Crippen LogP contribution is -2.49. The van der Waals surface area contributed by atoms with E-state index in [-0.39, 0.29) is 5.91 Å². The van der Waals surface area contributed by atoms with Crippen molar-refractivity contribution in [2.24, 2.45) is 0 Å². The topological polar surface area (TPSA) is 43.8 Å². The van der Waals surface area contributed by atoms with Crippen LogP contribution in [0.25, 0.3) is 0 Å². The number of hydrogen-bond donors (Lipinski definition) is 1. The van der Waals surface area contributed by atoms with Crippen LogP contribution in [0.15, 0.2) is 17.5 Å². The first-order valence-electron chi connectivity index (χ1n) is 6.92. The molecule has 0 radical (unpaired) electrons. The number of hydrogen-bond acceptors (Lipinski definition) is 4. The SMILES string of the molecule is CCCC(=O)N1CCN(CC(O)c2cccs2)CC1. The second kappa shape index (κ2) is 7.03. The first-order valence-corrected chi connectivity index (χ1v) is 7.80. The average molecular weight is 282 g/mol. The van der Waals surface area contributed by atoms with Crippen molar-refractivity contribution >= 4 is 17.2 Å². The molecule has 0 aromatic carbocycles. The second-order valence-corrected chi connectivity index (χ2v) is 5.94. The van der Waals surface area contributed by atoms with Crippen molar-refractivity contribution in [3.8, 4) is 0 Å². The Hall–Kier alpha value is -0.910. The van der Waals surface area contributed by atoms with Crippen molar-refractivity contribution in [1.82, 2.24) is 9.80 Å². The van der Waals surface area contributed by atoms with Crippen LogP contribution >= 0.6 is 11.3 Å². The molecule has 2 heterocycles. The highest BCUT2D eigenvalue weighted by Crippen LogP contribution is 2.20. The standard InChI is InChI=1S/C14H22N2O2S/c1-2-4-14(18)16-8-6-15(7-9-16)11-12(17)13-5-3-10-19-13/h3,5,10,12,17H,2,4,6-9,11H2,1H3. The van der Waals surface area contributed by atoms with Gasteiger partial charge >= 0.3 is 0 Å². The minimum atomic E-state index is -0.405. The maximum Gasteiger partial charge on any atom is 0.222 e. The van der Waals surface area contributed by atoms with Crippen molar-refractivity contribution in [3.63, 3.8) is 0 Å². The van der Waals surface area contributed by atoms with Gasteiger partial charge in [0.05, 0.1) is 0 Å². The van der Waals surface area contributed by atoms with Gasteiger partial charge < -0.3 is 10.0 Å². The summed E-state index contributed by atoms with van der Waals surface area (Å²) in [7, 11) is 0. The predicted molar refractivity (Wildman–Crippen MR) is 77.2 cm³/mol. The molecule has 106 valence electrons. The van der Waals surface area contributed by atoms with Crippen LogP contribution in [-0.4, -0.2) is 53.5 Å². The molecule has 0 aliphatic carbocycles. The summed E-state index contributed by atoms with van der Waals surface area (Å²) in [4.78, 5) is 17.0. The summed E-state index contributed by atoms with van der Waals surface area (Å²) in [5, 5.41) is 12.1. The largest absolute Gasteiger partial charge is 0.386 e.